The Bertz CT molecular complexity index is 588. The predicted molar refractivity (Wildman–Crippen MR) is 77.8 cm³/mol. The van der Waals surface area contributed by atoms with Crippen LogP contribution in [-0.2, 0) is 25.5 Å². The van der Waals surface area contributed by atoms with Crippen LogP contribution in [0.3, 0.4) is 0 Å². The first kappa shape index (κ1) is 16.0. The molecule has 0 saturated carbocycles. The van der Waals surface area contributed by atoms with E-state index < -0.39 is 18.1 Å². The predicted octanol–water partition coefficient (Wildman–Crippen LogP) is 0.938. The maximum atomic E-state index is 12.1. The summed E-state index contributed by atoms with van der Waals surface area (Å²) in [6.07, 6.45) is 1.26. The molecule has 6 nitrogen and oxygen atoms in total. The largest absolute Gasteiger partial charge is 0.467 e. The van der Waals surface area contributed by atoms with Crippen LogP contribution in [0.5, 0.6) is 0 Å². The van der Waals surface area contributed by atoms with E-state index in [0.717, 1.165) is 12.0 Å². The number of carbonyl (C=O) groups is 2. The number of benzene rings is 1. The zero-order chi connectivity index (χ0) is 15.9. The summed E-state index contributed by atoms with van der Waals surface area (Å²) >= 11 is 0. The Morgan fingerprint density at radius 1 is 1.55 bits per heavy atom. The first-order valence-corrected chi connectivity index (χ1v) is 7.13. The van der Waals surface area contributed by atoms with E-state index in [4.69, 9.17) is 14.7 Å². The fourth-order valence-electron chi connectivity index (χ4n) is 2.39. The molecular formula is C16H18N2O4. The molecule has 0 bridgehead atoms. The first-order valence-electron chi connectivity index (χ1n) is 7.13. The Morgan fingerprint density at radius 2 is 2.36 bits per heavy atom. The Balaban J connectivity index is 2.07. The normalized spacial score (nSPS) is 18.3. The lowest BCUT2D eigenvalue weighted by atomic mass is 10.0. The van der Waals surface area contributed by atoms with E-state index in [2.05, 4.69) is 5.32 Å². The van der Waals surface area contributed by atoms with Gasteiger partial charge in [-0.3, -0.25) is 4.79 Å². The molecule has 22 heavy (non-hydrogen) atoms. The summed E-state index contributed by atoms with van der Waals surface area (Å²) in [6, 6.07) is 8.16. The van der Waals surface area contributed by atoms with Crippen LogP contribution in [0.1, 0.15) is 24.0 Å². The molecule has 1 heterocycles. The molecule has 6 heteroatoms. The van der Waals surface area contributed by atoms with Gasteiger partial charge >= 0.3 is 5.97 Å². The van der Waals surface area contributed by atoms with Gasteiger partial charge in [0.05, 0.1) is 18.7 Å². The second kappa shape index (κ2) is 7.57. The van der Waals surface area contributed by atoms with Gasteiger partial charge in [0.2, 0.25) is 5.91 Å². The van der Waals surface area contributed by atoms with Crippen molar-refractivity contribution in [1.29, 1.82) is 5.26 Å². The van der Waals surface area contributed by atoms with Gasteiger partial charge in [-0.05, 0) is 30.5 Å². The van der Waals surface area contributed by atoms with Gasteiger partial charge in [-0.25, -0.2) is 4.79 Å². The van der Waals surface area contributed by atoms with Crippen LogP contribution < -0.4 is 5.32 Å². The molecule has 2 atom stereocenters. The summed E-state index contributed by atoms with van der Waals surface area (Å²) < 4.78 is 10.1. The number of amides is 1. The van der Waals surface area contributed by atoms with E-state index in [1.807, 2.05) is 6.07 Å². The monoisotopic (exact) mass is 302 g/mol. The topological polar surface area (TPSA) is 88.4 Å². The molecule has 0 radical (unpaired) electrons. The van der Waals surface area contributed by atoms with Gasteiger partial charge in [-0.2, -0.15) is 5.26 Å². The lowest BCUT2D eigenvalue weighted by Gasteiger charge is -2.18. The minimum absolute atomic E-state index is 0.265. The van der Waals surface area contributed by atoms with Gasteiger partial charge < -0.3 is 14.8 Å². The highest BCUT2D eigenvalue weighted by Crippen LogP contribution is 2.13. The molecule has 1 aliphatic heterocycles. The van der Waals surface area contributed by atoms with Crippen molar-refractivity contribution in [2.45, 2.75) is 31.4 Å². The van der Waals surface area contributed by atoms with Gasteiger partial charge in [0.25, 0.3) is 0 Å². The van der Waals surface area contributed by atoms with Crippen LogP contribution in [0.2, 0.25) is 0 Å². The van der Waals surface area contributed by atoms with E-state index >= 15 is 0 Å². The second-order valence-electron chi connectivity index (χ2n) is 5.10. The molecule has 116 valence electrons. The van der Waals surface area contributed by atoms with Gasteiger partial charge in [-0.15, -0.1) is 0 Å². The third kappa shape index (κ3) is 4.06. The van der Waals surface area contributed by atoms with Crippen molar-refractivity contribution in [2.24, 2.45) is 0 Å². The van der Waals surface area contributed by atoms with Gasteiger partial charge in [0, 0.05) is 13.0 Å². The molecule has 1 saturated heterocycles. The maximum absolute atomic E-state index is 12.1. The van der Waals surface area contributed by atoms with E-state index in [-0.39, 0.29) is 12.3 Å². The van der Waals surface area contributed by atoms with Crippen molar-refractivity contribution in [2.75, 3.05) is 13.7 Å². The number of nitrogens with one attached hydrogen (secondary N) is 1. The molecule has 1 amide bonds. The van der Waals surface area contributed by atoms with Crippen molar-refractivity contribution >= 4 is 11.9 Å². The van der Waals surface area contributed by atoms with Crippen molar-refractivity contribution in [3.8, 4) is 6.07 Å². The molecule has 0 spiro atoms. The smallest absolute Gasteiger partial charge is 0.328 e. The average molecular weight is 302 g/mol. The summed E-state index contributed by atoms with van der Waals surface area (Å²) in [5.74, 6) is -0.821. The van der Waals surface area contributed by atoms with Crippen molar-refractivity contribution in [3.05, 3.63) is 35.4 Å². The van der Waals surface area contributed by atoms with Crippen LogP contribution in [-0.4, -0.2) is 37.7 Å². The van der Waals surface area contributed by atoms with Crippen LogP contribution in [0.15, 0.2) is 24.3 Å². The van der Waals surface area contributed by atoms with Crippen molar-refractivity contribution in [3.63, 3.8) is 0 Å². The Morgan fingerprint density at radius 3 is 3.00 bits per heavy atom. The molecule has 1 aliphatic rings. The molecule has 1 aromatic rings. The molecule has 1 N–H and O–H groups in total. The Kier molecular flexibility index (Phi) is 5.50. The minimum Gasteiger partial charge on any atom is -0.467 e. The summed E-state index contributed by atoms with van der Waals surface area (Å²) in [7, 11) is 1.28. The quantitative estimate of drug-likeness (QED) is 0.818. The van der Waals surface area contributed by atoms with E-state index in [9.17, 15) is 9.59 Å². The van der Waals surface area contributed by atoms with Crippen LogP contribution >= 0.6 is 0 Å². The van der Waals surface area contributed by atoms with E-state index in [0.29, 0.717) is 18.6 Å². The number of nitrogens with zero attached hydrogens (tertiary/aromatic N) is 1. The number of esters is 1. The van der Waals surface area contributed by atoms with Crippen molar-refractivity contribution in [1.82, 2.24) is 5.32 Å². The highest BCUT2D eigenvalue weighted by atomic mass is 16.5. The van der Waals surface area contributed by atoms with Gasteiger partial charge in [0.1, 0.15) is 12.1 Å². The number of hydrogen-bond donors (Lipinski definition) is 1. The fourth-order valence-corrected chi connectivity index (χ4v) is 2.39. The lowest BCUT2D eigenvalue weighted by molar-refractivity contribution is -0.146. The fraction of sp³-hybridized carbons (Fsp3) is 0.438. The van der Waals surface area contributed by atoms with E-state index in [1.165, 1.54) is 7.11 Å². The molecule has 0 aliphatic carbocycles. The average Bonchev–Trinajstić information content (AvgIpc) is 3.08. The molecular weight excluding hydrogens is 284 g/mol. The third-order valence-electron chi connectivity index (χ3n) is 3.52. The zero-order valence-electron chi connectivity index (χ0n) is 12.4. The molecule has 2 rings (SSSR count). The highest BCUT2D eigenvalue weighted by molar-refractivity contribution is 5.87. The van der Waals surface area contributed by atoms with E-state index in [1.54, 1.807) is 24.3 Å². The number of ether oxygens (including phenoxy) is 2. The third-order valence-corrected chi connectivity index (χ3v) is 3.52. The second-order valence-corrected chi connectivity index (χ2v) is 5.10. The lowest BCUT2D eigenvalue weighted by Crippen LogP contribution is -2.47. The molecule has 1 aromatic carbocycles. The van der Waals surface area contributed by atoms with Crippen molar-refractivity contribution < 1.29 is 19.1 Å². The summed E-state index contributed by atoms with van der Waals surface area (Å²) in [5, 5.41) is 11.6. The zero-order valence-corrected chi connectivity index (χ0v) is 12.4. The van der Waals surface area contributed by atoms with Crippen LogP contribution in [0.4, 0.5) is 0 Å². The number of hydrogen-bond acceptors (Lipinski definition) is 5. The number of nitriles is 1. The summed E-state index contributed by atoms with van der Waals surface area (Å²) in [4.78, 5) is 24.0. The van der Waals surface area contributed by atoms with Crippen LogP contribution in [0, 0.1) is 11.3 Å². The minimum atomic E-state index is -0.796. The standard InChI is InChI=1S/C16H18N2O4/c1-21-16(20)13(18-15(19)14-6-3-7-22-14)9-11-4-2-5-12(8-11)10-17/h2,4-5,8,13-14H,3,6-7,9H2,1H3,(H,18,19)/t13-,14-/m1/s1. The first-order chi connectivity index (χ1) is 10.6. The molecule has 0 aromatic heterocycles. The molecule has 0 unspecified atom stereocenters. The Hall–Kier alpha value is -2.39. The van der Waals surface area contributed by atoms with Gasteiger partial charge in [0.15, 0.2) is 0 Å². The summed E-state index contributed by atoms with van der Waals surface area (Å²) in [6.45, 7) is 0.561. The highest BCUT2D eigenvalue weighted by Gasteiger charge is 2.28. The number of methoxy groups -OCH3 is 1. The van der Waals surface area contributed by atoms with Crippen LogP contribution in [0.25, 0.3) is 0 Å². The number of rotatable bonds is 5. The molecule has 1 fully saturated rings. The maximum Gasteiger partial charge on any atom is 0.328 e. The summed E-state index contributed by atoms with van der Waals surface area (Å²) in [5.41, 5.74) is 1.29. The van der Waals surface area contributed by atoms with Gasteiger partial charge in [-0.1, -0.05) is 12.1 Å². The Labute approximate surface area is 129 Å². The number of carbonyl (C=O) groups excluding carboxylic acids is 2. The SMILES string of the molecule is COC(=O)[C@@H](Cc1cccc(C#N)c1)NC(=O)[C@H]1CCCO1.